The molecule has 14 heavy (non-hydrogen) atoms. The van der Waals surface area contributed by atoms with Gasteiger partial charge in [0.1, 0.15) is 0 Å². The van der Waals surface area contributed by atoms with Gasteiger partial charge in [0.25, 0.3) is 0 Å². The molecule has 0 atom stereocenters. The van der Waals surface area contributed by atoms with Crippen LogP contribution in [0.15, 0.2) is 0 Å². The molecule has 8 heteroatoms. The SMILES string of the molecule is CCN1C(F)(F)N(C)C(F)(F)C1(F)F. The van der Waals surface area contributed by atoms with Crippen molar-refractivity contribution >= 4 is 0 Å². The molecule has 0 aliphatic carbocycles. The highest BCUT2D eigenvalue weighted by molar-refractivity contribution is 4.96. The summed E-state index contributed by atoms with van der Waals surface area (Å²) < 4.78 is 76.8. The van der Waals surface area contributed by atoms with Crippen LogP contribution in [-0.2, 0) is 0 Å². The molecule has 0 N–H and O–H groups in total. The lowest BCUT2D eigenvalue weighted by molar-refractivity contribution is -0.278. The molecular formula is C6H8F6N2. The first-order valence-corrected chi connectivity index (χ1v) is 3.75. The van der Waals surface area contributed by atoms with Gasteiger partial charge in [0.15, 0.2) is 0 Å². The summed E-state index contributed by atoms with van der Waals surface area (Å²) in [6.45, 7) is 0.0803. The quantitative estimate of drug-likeness (QED) is 0.494. The predicted molar refractivity (Wildman–Crippen MR) is 35.0 cm³/mol. The second-order valence-corrected chi connectivity index (χ2v) is 2.90. The summed E-state index contributed by atoms with van der Waals surface area (Å²) in [5.74, 6) is 0. The third kappa shape index (κ3) is 1.07. The van der Waals surface area contributed by atoms with E-state index in [4.69, 9.17) is 0 Å². The Labute approximate surface area is 76.1 Å². The zero-order chi connectivity index (χ0) is 11.4. The Morgan fingerprint density at radius 3 is 1.50 bits per heavy atom. The number of hydrogen-bond donors (Lipinski definition) is 0. The number of nitrogens with zero attached hydrogens (tertiary/aromatic N) is 2. The molecule has 1 fully saturated rings. The average molecular weight is 222 g/mol. The van der Waals surface area contributed by atoms with E-state index < -0.39 is 34.6 Å². The molecule has 2 nitrogen and oxygen atoms in total. The summed E-state index contributed by atoms with van der Waals surface area (Å²) in [4.78, 5) is -1.76. The van der Waals surface area contributed by atoms with Crippen LogP contribution in [0.2, 0.25) is 0 Å². The first-order chi connectivity index (χ1) is 6.10. The zero-order valence-electron chi connectivity index (χ0n) is 7.37. The molecule has 1 saturated heterocycles. The number of alkyl halides is 6. The van der Waals surface area contributed by atoms with Crippen molar-refractivity contribution in [2.75, 3.05) is 13.6 Å². The Morgan fingerprint density at radius 1 is 0.929 bits per heavy atom. The van der Waals surface area contributed by atoms with Crippen molar-refractivity contribution in [2.45, 2.75) is 25.2 Å². The predicted octanol–water partition coefficient (Wildman–Crippen LogP) is 1.99. The van der Waals surface area contributed by atoms with Gasteiger partial charge in [-0.3, -0.25) is 0 Å². The van der Waals surface area contributed by atoms with E-state index in [9.17, 15) is 26.3 Å². The van der Waals surface area contributed by atoms with Crippen LogP contribution in [0, 0.1) is 0 Å². The number of rotatable bonds is 1. The molecule has 0 aromatic rings. The van der Waals surface area contributed by atoms with E-state index in [-0.39, 0.29) is 7.05 Å². The fraction of sp³-hybridized carbons (Fsp3) is 1.00. The van der Waals surface area contributed by atoms with Crippen LogP contribution in [0.5, 0.6) is 0 Å². The highest BCUT2D eigenvalue weighted by Gasteiger charge is 2.79. The number of hydrogen-bond acceptors (Lipinski definition) is 2. The van der Waals surface area contributed by atoms with Crippen molar-refractivity contribution in [1.29, 1.82) is 0 Å². The Balaban J connectivity index is 3.22. The highest BCUT2D eigenvalue weighted by Crippen LogP contribution is 2.52. The summed E-state index contributed by atoms with van der Waals surface area (Å²) in [5.41, 5.74) is 0. The third-order valence-corrected chi connectivity index (χ3v) is 2.17. The lowest BCUT2D eigenvalue weighted by Gasteiger charge is -2.25. The van der Waals surface area contributed by atoms with E-state index >= 15 is 0 Å². The fourth-order valence-corrected chi connectivity index (χ4v) is 1.27. The molecular weight excluding hydrogens is 214 g/mol. The largest absolute Gasteiger partial charge is 0.388 e. The van der Waals surface area contributed by atoms with Gasteiger partial charge in [0.2, 0.25) is 0 Å². The summed E-state index contributed by atoms with van der Waals surface area (Å²) in [6.07, 6.45) is -4.35. The molecule has 0 radical (unpaired) electrons. The molecule has 0 amide bonds. The van der Waals surface area contributed by atoms with Crippen LogP contribution in [0.3, 0.4) is 0 Å². The Bertz CT molecular complexity index is 240. The molecule has 1 rings (SSSR count). The van der Waals surface area contributed by atoms with Gasteiger partial charge in [-0.25, -0.2) is 0 Å². The van der Waals surface area contributed by atoms with Crippen LogP contribution in [0.25, 0.3) is 0 Å². The first-order valence-electron chi connectivity index (χ1n) is 3.75. The molecule has 0 bridgehead atoms. The van der Waals surface area contributed by atoms with Crippen LogP contribution >= 0.6 is 0 Å². The first kappa shape index (κ1) is 11.6. The van der Waals surface area contributed by atoms with E-state index in [1.54, 1.807) is 0 Å². The fourth-order valence-electron chi connectivity index (χ4n) is 1.27. The maximum atomic E-state index is 12.9. The minimum absolute atomic E-state index is 0.254. The van der Waals surface area contributed by atoms with Crippen LogP contribution < -0.4 is 0 Å². The lowest BCUT2D eigenvalue weighted by Crippen LogP contribution is -2.49. The second kappa shape index (κ2) is 2.75. The van der Waals surface area contributed by atoms with E-state index in [0.717, 1.165) is 6.92 Å². The molecule has 0 unspecified atom stereocenters. The second-order valence-electron chi connectivity index (χ2n) is 2.90. The van der Waals surface area contributed by atoms with Crippen LogP contribution in [0.1, 0.15) is 6.92 Å². The smallest absolute Gasteiger partial charge is 0.179 e. The lowest BCUT2D eigenvalue weighted by atomic mass is 10.4. The van der Waals surface area contributed by atoms with Crippen molar-refractivity contribution in [1.82, 2.24) is 9.80 Å². The molecule has 1 aliphatic rings. The minimum atomic E-state index is -4.87. The number of likely N-dealkylation sites (N-methyl/N-ethyl adjacent to an activating group) is 2. The van der Waals surface area contributed by atoms with Gasteiger partial charge in [-0.15, -0.1) is 0 Å². The van der Waals surface area contributed by atoms with Gasteiger partial charge >= 0.3 is 18.3 Å². The van der Waals surface area contributed by atoms with Crippen molar-refractivity contribution in [3.8, 4) is 0 Å². The van der Waals surface area contributed by atoms with Gasteiger partial charge in [0, 0.05) is 6.54 Å². The van der Waals surface area contributed by atoms with Crippen molar-refractivity contribution in [3.63, 3.8) is 0 Å². The van der Waals surface area contributed by atoms with Crippen LogP contribution in [0.4, 0.5) is 26.3 Å². The van der Waals surface area contributed by atoms with Gasteiger partial charge in [-0.1, -0.05) is 6.92 Å². The van der Waals surface area contributed by atoms with E-state index in [1.165, 1.54) is 0 Å². The molecule has 84 valence electrons. The van der Waals surface area contributed by atoms with Crippen LogP contribution in [-0.4, -0.2) is 41.7 Å². The molecule has 1 aliphatic heterocycles. The van der Waals surface area contributed by atoms with Crippen molar-refractivity contribution < 1.29 is 26.3 Å². The maximum Gasteiger partial charge on any atom is 0.388 e. The van der Waals surface area contributed by atoms with Crippen molar-refractivity contribution in [3.05, 3.63) is 0 Å². The summed E-state index contributed by atoms with van der Waals surface area (Å²) in [7, 11) is 0.254. The molecule has 0 aromatic carbocycles. The highest BCUT2D eigenvalue weighted by atomic mass is 19.3. The minimum Gasteiger partial charge on any atom is -0.179 e. The topological polar surface area (TPSA) is 6.48 Å². The van der Waals surface area contributed by atoms with E-state index in [2.05, 4.69) is 0 Å². The van der Waals surface area contributed by atoms with Crippen molar-refractivity contribution in [2.24, 2.45) is 0 Å². The summed E-state index contributed by atoms with van der Waals surface area (Å²) >= 11 is 0. The molecule has 0 spiro atoms. The zero-order valence-corrected chi connectivity index (χ0v) is 7.37. The van der Waals surface area contributed by atoms with E-state index in [0.29, 0.717) is 0 Å². The summed E-state index contributed by atoms with van der Waals surface area (Å²) in [5, 5.41) is 0. The summed E-state index contributed by atoms with van der Waals surface area (Å²) in [6, 6.07) is -9.73. The van der Waals surface area contributed by atoms with Gasteiger partial charge in [-0.05, 0) is 7.05 Å². The molecule has 0 aromatic heterocycles. The molecule has 1 heterocycles. The monoisotopic (exact) mass is 222 g/mol. The normalized spacial score (nSPS) is 30.9. The Morgan fingerprint density at radius 2 is 1.36 bits per heavy atom. The maximum absolute atomic E-state index is 12.9. The average Bonchev–Trinajstić information content (AvgIpc) is 2.09. The Kier molecular flexibility index (Phi) is 2.28. The van der Waals surface area contributed by atoms with Gasteiger partial charge in [-0.2, -0.15) is 36.1 Å². The third-order valence-electron chi connectivity index (χ3n) is 2.17. The van der Waals surface area contributed by atoms with Gasteiger partial charge < -0.3 is 0 Å². The van der Waals surface area contributed by atoms with Gasteiger partial charge in [0.05, 0.1) is 0 Å². The number of halogens is 6. The Hall–Kier alpha value is -0.500. The molecule has 0 saturated carbocycles. The van der Waals surface area contributed by atoms with E-state index in [1.807, 2.05) is 0 Å². The standard InChI is InChI=1S/C6H8F6N2/c1-3-14-5(9,10)4(7,8)13(2)6(14,11)12/h3H2,1-2H3.